The van der Waals surface area contributed by atoms with Crippen molar-refractivity contribution in [3.8, 4) is 0 Å². The molecule has 1 aromatic rings. The van der Waals surface area contributed by atoms with Crippen LogP contribution in [0.25, 0.3) is 0 Å². The fraction of sp³-hybridized carbons (Fsp3) is 0. The first kappa shape index (κ1) is 5.38. The molecule has 0 amide bonds. The third-order valence-electron chi connectivity index (χ3n) is 0.793. The van der Waals surface area contributed by atoms with E-state index < -0.39 is 0 Å². The van der Waals surface area contributed by atoms with Crippen LogP contribution in [0.5, 0.6) is 0 Å². The van der Waals surface area contributed by atoms with Gasteiger partial charge in [-0.1, -0.05) is 21.4 Å². The average Bonchev–Trinajstić information content (AvgIpc) is 1.91. The Labute approximate surface area is 56.1 Å². The summed E-state index contributed by atoms with van der Waals surface area (Å²) >= 11 is 5.09. The van der Waals surface area contributed by atoms with Crippen LogP contribution in [0.2, 0.25) is 0 Å². The smallest absolute Gasteiger partial charge is 0.141 e. The lowest BCUT2D eigenvalue weighted by atomic mass is 10.0. The third kappa shape index (κ3) is 1.07. The van der Waals surface area contributed by atoms with E-state index in [-0.39, 0.29) is 0 Å². The van der Waals surface area contributed by atoms with Crippen molar-refractivity contribution in [3.63, 3.8) is 0 Å². The number of thiophene rings is 1. The number of hydrogen-bond acceptors (Lipinski definition) is 1. The first-order valence-corrected chi connectivity index (χ1v) is 3.72. The van der Waals surface area contributed by atoms with Crippen molar-refractivity contribution in [1.29, 1.82) is 0 Å². The van der Waals surface area contributed by atoms with Crippen molar-refractivity contribution in [3.05, 3.63) is 15.2 Å². The van der Waals surface area contributed by atoms with Crippen LogP contribution in [0.4, 0.5) is 0 Å². The lowest BCUT2D eigenvalue weighted by Crippen LogP contribution is -1.95. The monoisotopic (exact) mass is 174 g/mol. The molecule has 1 aromatic heterocycles. The second-order valence-electron chi connectivity index (χ2n) is 1.40. The lowest BCUT2D eigenvalue weighted by Gasteiger charge is -1.77. The minimum absolute atomic E-state index is 1.22. The molecule has 7 heavy (non-hydrogen) atoms. The zero-order chi connectivity index (χ0) is 5.28. The van der Waals surface area contributed by atoms with E-state index >= 15 is 0 Å². The fourth-order valence-corrected chi connectivity index (χ4v) is 1.64. The number of halogens is 1. The van der Waals surface area contributed by atoms with E-state index in [1.807, 2.05) is 0 Å². The highest BCUT2D eigenvalue weighted by Gasteiger charge is 1.89. The SMILES string of the molecule is Bc1cscc1Br. The van der Waals surface area contributed by atoms with Crippen LogP contribution in [0, 0.1) is 0 Å². The summed E-state index contributed by atoms with van der Waals surface area (Å²) in [4.78, 5) is 0. The van der Waals surface area contributed by atoms with Crippen LogP contribution >= 0.6 is 27.3 Å². The second-order valence-corrected chi connectivity index (χ2v) is 3.00. The van der Waals surface area contributed by atoms with Gasteiger partial charge in [-0.15, -0.1) is 0 Å². The maximum absolute atomic E-state index is 3.38. The van der Waals surface area contributed by atoms with Gasteiger partial charge in [0.15, 0.2) is 0 Å². The fourth-order valence-electron chi connectivity index (χ4n) is 0.345. The van der Waals surface area contributed by atoms with E-state index in [4.69, 9.17) is 0 Å². The van der Waals surface area contributed by atoms with Gasteiger partial charge in [0.1, 0.15) is 7.85 Å². The Morgan fingerprint density at radius 1 is 1.57 bits per heavy atom. The zero-order valence-corrected chi connectivity index (χ0v) is 6.34. The minimum atomic E-state index is 1.22. The molecule has 3 heteroatoms. The quantitative estimate of drug-likeness (QED) is 0.510. The summed E-state index contributed by atoms with van der Waals surface area (Å²) in [6.07, 6.45) is 0. The van der Waals surface area contributed by atoms with Crippen LogP contribution < -0.4 is 5.46 Å². The minimum Gasteiger partial charge on any atom is -0.152 e. The summed E-state index contributed by atoms with van der Waals surface area (Å²) < 4.78 is 1.22. The number of hydrogen-bond donors (Lipinski definition) is 0. The molecule has 0 bridgehead atoms. The highest BCUT2D eigenvalue weighted by Crippen LogP contribution is 2.08. The van der Waals surface area contributed by atoms with Crippen LogP contribution in [-0.4, -0.2) is 7.85 Å². The van der Waals surface area contributed by atoms with Gasteiger partial charge in [0, 0.05) is 9.85 Å². The van der Waals surface area contributed by atoms with Gasteiger partial charge >= 0.3 is 0 Å². The highest BCUT2D eigenvalue weighted by molar-refractivity contribution is 9.10. The summed E-state index contributed by atoms with van der Waals surface area (Å²) in [6.45, 7) is 0. The van der Waals surface area contributed by atoms with Gasteiger partial charge in [-0.25, -0.2) is 0 Å². The largest absolute Gasteiger partial charge is 0.152 e. The molecule has 0 aliphatic heterocycles. The standard InChI is InChI=1S/C4H4BBrS/c5-3-1-7-2-4(3)6/h1-2H,5H2. The van der Waals surface area contributed by atoms with Gasteiger partial charge in [-0.3, -0.25) is 0 Å². The summed E-state index contributed by atoms with van der Waals surface area (Å²) in [7, 11) is 2.08. The number of rotatable bonds is 0. The Morgan fingerprint density at radius 2 is 2.29 bits per heavy atom. The van der Waals surface area contributed by atoms with Crippen molar-refractivity contribution in [2.45, 2.75) is 0 Å². The van der Waals surface area contributed by atoms with Gasteiger partial charge in [0.05, 0.1) is 0 Å². The molecule has 0 aromatic carbocycles. The molecule has 1 heterocycles. The molecule has 0 aliphatic rings. The molecule has 0 fully saturated rings. The molecule has 36 valence electrons. The van der Waals surface area contributed by atoms with Crippen LogP contribution in [0.1, 0.15) is 0 Å². The normalized spacial score (nSPS) is 9.29. The lowest BCUT2D eigenvalue weighted by molar-refractivity contribution is 2.01. The summed E-state index contributed by atoms with van der Waals surface area (Å²) in [5, 5.41) is 4.19. The predicted molar refractivity (Wildman–Crippen MR) is 40.2 cm³/mol. The van der Waals surface area contributed by atoms with Crippen LogP contribution in [-0.2, 0) is 0 Å². The van der Waals surface area contributed by atoms with Crippen LogP contribution in [0.3, 0.4) is 0 Å². The highest BCUT2D eigenvalue weighted by atomic mass is 79.9. The molecule has 0 saturated heterocycles. The summed E-state index contributed by atoms with van der Waals surface area (Å²) in [5.41, 5.74) is 1.32. The Morgan fingerprint density at radius 3 is 2.43 bits per heavy atom. The van der Waals surface area contributed by atoms with E-state index in [0.717, 1.165) is 0 Å². The van der Waals surface area contributed by atoms with Crippen molar-refractivity contribution in [1.82, 2.24) is 0 Å². The van der Waals surface area contributed by atoms with Gasteiger partial charge < -0.3 is 0 Å². The van der Waals surface area contributed by atoms with Gasteiger partial charge in [-0.2, -0.15) is 11.3 Å². The molecular weight excluding hydrogens is 171 g/mol. The second kappa shape index (κ2) is 2.01. The Bertz CT molecular complexity index is 144. The molecule has 0 spiro atoms. The third-order valence-corrected chi connectivity index (χ3v) is 2.81. The maximum atomic E-state index is 3.38. The van der Waals surface area contributed by atoms with Gasteiger partial charge in [-0.05, 0) is 5.38 Å². The molecule has 0 N–H and O–H groups in total. The zero-order valence-electron chi connectivity index (χ0n) is 3.94. The summed E-state index contributed by atoms with van der Waals surface area (Å²) in [5.74, 6) is 0. The van der Waals surface area contributed by atoms with E-state index in [1.165, 1.54) is 9.94 Å². The molecule has 0 atom stereocenters. The molecule has 0 unspecified atom stereocenters. The van der Waals surface area contributed by atoms with Crippen molar-refractivity contribution in [2.24, 2.45) is 0 Å². The molecule has 0 aliphatic carbocycles. The Balaban J connectivity index is 3.12. The topological polar surface area (TPSA) is 0 Å². The van der Waals surface area contributed by atoms with Crippen molar-refractivity contribution >= 4 is 40.6 Å². The van der Waals surface area contributed by atoms with Crippen LogP contribution in [0.15, 0.2) is 15.2 Å². The van der Waals surface area contributed by atoms with E-state index in [9.17, 15) is 0 Å². The van der Waals surface area contributed by atoms with E-state index in [2.05, 4.69) is 34.5 Å². The Hall–Kier alpha value is 0.245. The Kier molecular flexibility index (Phi) is 1.55. The molecule has 1 rings (SSSR count). The molecule has 0 saturated carbocycles. The van der Waals surface area contributed by atoms with Gasteiger partial charge in [0.25, 0.3) is 0 Å². The van der Waals surface area contributed by atoms with Crippen molar-refractivity contribution < 1.29 is 0 Å². The first-order chi connectivity index (χ1) is 3.30. The first-order valence-electron chi connectivity index (χ1n) is 1.99. The molecule has 0 nitrogen and oxygen atoms in total. The maximum Gasteiger partial charge on any atom is 0.141 e. The average molecular weight is 175 g/mol. The van der Waals surface area contributed by atoms with Crippen molar-refractivity contribution in [2.75, 3.05) is 0 Å². The summed E-state index contributed by atoms with van der Waals surface area (Å²) in [6, 6.07) is 0. The van der Waals surface area contributed by atoms with E-state index in [1.54, 1.807) is 11.3 Å². The van der Waals surface area contributed by atoms with E-state index in [0.29, 0.717) is 0 Å². The predicted octanol–water partition coefficient (Wildman–Crippen LogP) is 0.769. The molecule has 0 radical (unpaired) electrons. The molecular formula is C4H4BBrS. The van der Waals surface area contributed by atoms with Gasteiger partial charge in [0.2, 0.25) is 0 Å².